The molecule has 1 N–H and O–H groups in total. The van der Waals surface area contributed by atoms with Gasteiger partial charge in [0.2, 0.25) is 0 Å². The fourth-order valence-electron chi connectivity index (χ4n) is 1.61. The van der Waals surface area contributed by atoms with E-state index in [0.717, 1.165) is 29.9 Å². The second kappa shape index (κ2) is 6.87. The average Bonchev–Trinajstić information content (AvgIpc) is 2.19. The van der Waals surface area contributed by atoms with E-state index in [1.54, 1.807) is 0 Å². The van der Waals surface area contributed by atoms with E-state index >= 15 is 0 Å². The second-order valence-corrected chi connectivity index (χ2v) is 5.66. The summed E-state index contributed by atoms with van der Waals surface area (Å²) in [6, 6.07) is 8.84. The highest BCUT2D eigenvalue weighted by Gasteiger charge is 1.98. The SMILES string of the molecule is C=C(Br)CNCc1ccc(CC(C)C)cc1. The standard InChI is InChI=1S/C14H20BrN/c1-11(2)8-13-4-6-14(7-5-13)10-16-9-12(3)15/h4-7,11,16H,3,8-10H2,1-2H3. The summed E-state index contributed by atoms with van der Waals surface area (Å²) < 4.78 is 0.990. The molecule has 0 saturated carbocycles. The van der Waals surface area contributed by atoms with Gasteiger partial charge in [0.05, 0.1) is 0 Å². The molecular formula is C14H20BrN. The van der Waals surface area contributed by atoms with Crippen LogP contribution in [0.15, 0.2) is 35.3 Å². The predicted octanol–water partition coefficient (Wildman–Crippen LogP) is 3.88. The Morgan fingerprint density at radius 3 is 2.31 bits per heavy atom. The lowest BCUT2D eigenvalue weighted by Crippen LogP contribution is -2.14. The first-order chi connectivity index (χ1) is 7.58. The molecule has 0 saturated heterocycles. The van der Waals surface area contributed by atoms with Crippen LogP contribution in [0.2, 0.25) is 0 Å². The molecule has 0 aliphatic rings. The van der Waals surface area contributed by atoms with Crippen molar-refractivity contribution in [3.63, 3.8) is 0 Å². The van der Waals surface area contributed by atoms with Crippen LogP contribution in [0.25, 0.3) is 0 Å². The van der Waals surface area contributed by atoms with Gasteiger partial charge in [0.1, 0.15) is 0 Å². The van der Waals surface area contributed by atoms with Crippen LogP contribution in [-0.4, -0.2) is 6.54 Å². The Bertz CT molecular complexity index is 327. The van der Waals surface area contributed by atoms with Crippen molar-refractivity contribution < 1.29 is 0 Å². The number of hydrogen-bond donors (Lipinski definition) is 1. The molecule has 1 aromatic rings. The Morgan fingerprint density at radius 1 is 1.25 bits per heavy atom. The number of nitrogens with one attached hydrogen (secondary N) is 1. The van der Waals surface area contributed by atoms with Crippen molar-refractivity contribution in [2.45, 2.75) is 26.8 Å². The highest BCUT2D eigenvalue weighted by molar-refractivity contribution is 9.11. The minimum atomic E-state index is 0.723. The third kappa shape index (κ3) is 5.47. The lowest BCUT2D eigenvalue weighted by molar-refractivity contribution is 0.647. The Kier molecular flexibility index (Phi) is 5.78. The van der Waals surface area contributed by atoms with Gasteiger partial charge in [-0.2, -0.15) is 0 Å². The number of benzene rings is 1. The third-order valence-electron chi connectivity index (χ3n) is 2.31. The van der Waals surface area contributed by atoms with E-state index in [9.17, 15) is 0 Å². The van der Waals surface area contributed by atoms with E-state index in [4.69, 9.17) is 0 Å². The van der Waals surface area contributed by atoms with Crippen LogP contribution in [0.1, 0.15) is 25.0 Å². The molecule has 0 atom stereocenters. The zero-order valence-electron chi connectivity index (χ0n) is 10.1. The van der Waals surface area contributed by atoms with Crippen molar-refractivity contribution in [1.29, 1.82) is 0 Å². The molecule has 0 fully saturated rings. The van der Waals surface area contributed by atoms with Crippen LogP contribution in [0, 0.1) is 5.92 Å². The molecule has 0 unspecified atom stereocenters. The summed E-state index contributed by atoms with van der Waals surface area (Å²) in [5, 5.41) is 3.31. The van der Waals surface area contributed by atoms with Gasteiger partial charge in [-0.25, -0.2) is 0 Å². The minimum absolute atomic E-state index is 0.723. The summed E-state index contributed by atoms with van der Waals surface area (Å²) >= 11 is 3.33. The van der Waals surface area contributed by atoms with Crippen LogP contribution in [0.3, 0.4) is 0 Å². The largest absolute Gasteiger partial charge is 0.308 e. The Balaban J connectivity index is 2.42. The average molecular weight is 282 g/mol. The van der Waals surface area contributed by atoms with Crippen molar-refractivity contribution >= 4 is 15.9 Å². The van der Waals surface area contributed by atoms with E-state index in [0.29, 0.717) is 0 Å². The first-order valence-electron chi connectivity index (χ1n) is 5.69. The molecule has 1 nitrogen and oxygen atoms in total. The van der Waals surface area contributed by atoms with Crippen molar-refractivity contribution in [2.75, 3.05) is 6.54 Å². The fraction of sp³-hybridized carbons (Fsp3) is 0.429. The molecule has 2 heteroatoms. The molecule has 0 radical (unpaired) electrons. The summed E-state index contributed by atoms with van der Waals surface area (Å²) in [5.41, 5.74) is 2.74. The normalized spacial score (nSPS) is 10.8. The molecule has 1 rings (SSSR count). The maximum Gasteiger partial charge on any atom is 0.0268 e. The zero-order valence-corrected chi connectivity index (χ0v) is 11.7. The second-order valence-electron chi connectivity index (χ2n) is 4.54. The molecule has 0 aliphatic heterocycles. The number of rotatable bonds is 6. The van der Waals surface area contributed by atoms with Gasteiger partial charge in [-0.1, -0.05) is 60.6 Å². The molecule has 1 aromatic carbocycles. The summed E-state index contributed by atoms with van der Waals surface area (Å²) in [7, 11) is 0. The summed E-state index contributed by atoms with van der Waals surface area (Å²) in [6.07, 6.45) is 1.16. The molecule has 16 heavy (non-hydrogen) atoms. The summed E-state index contributed by atoms with van der Waals surface area (Å²) in [4.78, 5) is 0. The number of halogens is 1. The minimum Gasteiger partial charge on any atom is -0.308 e. The van der Waals surface area contributed by atoms with Gasteiger partial charge in [0.15, 0.2) is 0 Å². The molecule has 0 heterocycles. The van der Waals surface area contributed by atoms with E-state index < -0.39 is 0 Å². The van der Waals surface area contributed by atoms with Gasteiger partial charge in [-0.15, -0.1) is 0 Å². The molecule has 0 spiro atoms. The maximum atomic E-state index is 3.79. The van der Waals surface area contributed by atoms with E-state index in [2.05, 4.69) is 65.9 Å². The highest BCUT2D eigenvalue weighted by Crippen LogP contribution is 2.09. The van der Waals surface area contributed by atoms with Crippen molar-refractivity contribution in [3.05, 3.63) is 46.5 Å². The van der Waals surface area contributed by atoms with Crippen molar-refractivity contribution in [3.8, 4) is 0 Å². The van der Waals surface area contributed by atoms with Crippen LogP contribution < -0.4 is 5.32 Å². The fourth-order valence-corrected chi connectivity index (χ4v) is 1.81. The van der Waals surface area contributed by atoms with Crippen LogP contribution >= 0.6 is 15.9 Å². The van der Waals surface area contributed by atoms with E-state index in [1.807, 2.05) is 0 Å². The monoisotopic (exact) mass is 281 g/mol. The van der Waals surface area contributed by atoms with E-state index in [1.165, 1.54) is 11.1 Å². The predicted molar refractivity (Wildman–Crippen MR) is 74.8 cm³/mol. The Hall–Kier alpha value is -0.600. The third-order valence-corrected chi connectivity index (χ3v) is 2.59. The Labute approximate surface area is 107 Å². The van der Waals surface area contributed by atoms with Gasteiger partial charge in [0, 0.05) is 17.6 Å². The van der Waals surface area contributed by atoms with Gasteiger partial charge in [-0.3, -0.25) is 0 Å². The number of hydrogen-bond acceptors (Lipinski definition) is 1. The smallest absolute Gasteiger partial charge is 0.0268 e. The first-order valence-corrected chi connectivity index (χ1v) is 6.49. The van der Waals surface area contributed by atoms with Gasteiger partial charge >= 0.3 is 0 Å². The van der Waals surface area contributed by atoms with Gasteiger partial charge in [0.25, 0.3) is 0 Å². The van der Waals surface area contributed by atoms with Crippen LogP contribution in [0.5, 0.6) is 0 Å². The van der Waals surface area contributed by atoms with Crippen LogP contribution in [0.4, 0.5) is 0 Å². The maximum absolute atomic E-state index is 3.79. The van der Waals surface area contributed by atoms with Crippen molar-refractivity contribution in [1.82, 2.24) is 5.32 Å². The summed E-state index contributed by atoms with van der Waals surface area (Å²) in [6.45, 7) is 9.99. The quantitative estimate of drug-likeness (QED) is 0.834. The highest BCUT2D eigenvalue weighted by atomic mass is 79.9. The molecule has 0 aliphatic carbocycles. The van der Waals surface area contributed by atoms with Gasteiger partial charge in [-0.05, 0) is 23.5 Å². The molecule has 88 valence electrons. The molecule has 0 aromatic heterocycles. The molecular weight excluding hydrogens is 262 g/mol. The molecule has 0 bridgehead atoms. The van der Waals surface area contributed by atoms with E-state index in [-0.39, 0.29) is 0 Å². The topological polar surface area (TPSA) is 12.0 Å². The lowest BCUT2D eigenvalue weighted by atomic mass is 10.0. The van der Waals surface area contributed by atoms with Crippen molar-refractivity contribution in [2.24, 2.45) is 5.92 Å². The molecule has 0 amide bonds. The van der Waals surface area contributed by atoms with Crippen LogP contribution in [-0.2, 0) is 13.0 Å². The first kappa shape index (κ1) is 13.5. The zero-order chi connectivity index (χ0) is 12.0. The lowest BCUT2D eigenvalue weighted by Gasteiger charge is -2.07. The Morgan fingerprint density at radius 2 is 1.81 bits per heavy atom. The summed E-state index contributed by atoms with van der Waals surface area (Å²) in [5.74, 6) is 0.723. The van der Waals surface area contributed by atoms with Gasteiger partial charge < -0.3 is 5.32 Å².